The number of nitrogens with two attached hydrogens (primary N) is 1. The number of likely N-dealkylation sites (N-methyl/N-ethyl adjacent to an activating group) is 1. The Kier molecular flexibility index (Phi) is 5.27. The van der Waals surface area contributed by atoms with E-state index in [1.54, 1.807) is 0 Å². The van der Waals surface area contributed by atoms with Crippen LogP contribution in [0.15, 0.2) is 0 Å². The number of piperazine rings is 1. The van der Waals surface area contributed by atoms with E-state index in [9.17, 15) is 0 Å². The molecule has 0 bridgehead atoms. The Morgan fingerprint density at radius 3 is 2.37 bits per heavy atom. The summed E-state index contributed by atoms with van der Waals surface area (Å²) in [5.41, 5.74) is 6.55. The highest BCUT2D eigenvalue weighted by atomic mass is 15.3. The Bertz CT molecular complexity index is 271. The maximum Gasteiger partial charge on any atom is 0.0332 e. The molecule has 112 valence electrons. The summed E-state index contributed by atoms with van der Waals surface area (Å²) >= 11 is 0. The molecule has 1 saturated heterocycles. The Hall–Kier alpha value is -0.120. The molecule has 2 fully saturated rings. The van der Waals surface area contributed by atoms with Crippen molar-refractivity contribution >= 4 is 0 Å². The van der Waals surface area contributed by atoms with Crippen LogP contribution in [0.25, 0.3) is 0 Å². The molecule has 2 N–H and O–H groups in total. The quantitative estimate of drug-likeness (QED) is 0.796. The molecule has 1 saturated carbocycles. The molecule has 0 spiro atoms. The maximum absolute atomic E-state index is 6.24. The van der Waals surface area contributed by atoms with Crippen molar-refractivity contribution in [3.8, 4) is 0 Å². The summed E-state index contributed by atoms with van der Waals surface area (Å²) in [6.45, 7) is 10.4. The molecule has 1 aliphatic carbocycles. The Labute approximate surface area is 119 Å². The molecule has 2 atom stereocenters. The summed E-state index contributed by atoms with van der Waals surface area (Å²) in [5.74, 6) is 1.75. The van der Waals surface area contributed by atoms with Crippen molar-refractivity contribution in [2.24, 2.45) is 17.6 Å². The van der Waals surface area contributed by atoms with E-state index in [1.165, 1.54) is 58.3 Å². The molecule has 1 aliphatic heterocycles. The fraction of sp³-hybridized carbons (Fsp3) is 1.00. The van der Waals surface area contributed by atoms with E-state index in [2.05, 4.69) is 30.7 Å². The summed E-state index contributed by atoms with van der Waals surface area (Å²) in [5, 5.41) is 0. The summed E-state index contributed by atoms with van der Waals surface area (Å²) in [4.78, 5) is 5.16. The van der Waals surface area contributed by atoms with E-state index < -0.39 is 0 Å². The molecule has 0 aromatic heterocycles. The Morgan fingerprint density at radius 1 is 1.11 bits per heavy atom. The minimum absolute atomic E-state index is 0.310. The minimum atomic E-state index is 0.310. The van der Waals surface area contributed by atoms with Crippen LogP contribution in [0.3, 0.4) is 0 Å². The van der Waals surface area contributed by atoms with Crippen molar-refractivity contribution in [2.75, 3.05) is 39.8 Å². The largest absolute Gasteiger partial charge is 0.329 e. The normalized spacial score (nSPS) is 35.5. The SMILES string of the molecule is CC(C)C1CCCC(CN)(N2CCN(C)CC2)CC1. The Balaban J connectivity index is 2.01. The zero-order chi connectivity index (χ0) is 13.9. The third-order valence-corrected chi connectivity index (χ3v) is 5.69. The molecule has 0 radical (unpaired) electrons. The molecule has 19 heavy (non-hydrogen) atoms. The standard InChI is InChI=1S/C16H33N3/c1-14(2)15-5-4-7-16(13-17,8-6-15)19-11-9-18(3)10-12-19/h14-15H,4-13,17H2,1-3H3. The van der Waals surface area contributed by atoms with E-state index >= 15 is 0 Å². The third-order valence-electron chi connectivity index (χ3n) is 5.69. The van der Waals surface area contributed by atoms with Crippen LogP contribution in [0, 0.1) is 11.8 Å². The predicted octanol–water partition coefficient (Wildman–Crippen LogP) is 2.17. The van der Waals surface area contributed by atoms with Crippen molar-refractivity contribution in [1.29, 1.82) is 0 Å². The topological polar surface area (TPSA) is 32.5 Å². The highest BCUT2D eigenvalue weighted by Gasteiger charge is 2.38. The number of rotatable bonds is 3. The van der Waals surface area contributed by atoms with E-state index in [-0.39, 0.29) is 0 Å². The van der Waals surface area contributed by atoms with Gasteiger partial charge in [-0.15, -0.1) is 0 Å². The fourth-order valence-electron chi connectivity index (χ4n) is 4.01. The monoisotopic (exact) mass is 267 g/mol. The molecule has 3 heteroatoms. The van der Waals surface area contributed by atoms with Gasteiger partial charge in [0.1, 0.15) is 0 Å². The van der Waals surface area contributed by atoms with E-state index in [4.69, 9.17) is 5.73 Å². The molecule has 3 nitrogen and oxygen atoms in total. The van der Waals surface area contributed by atoms with Gasteiger partial charge in [0.2, 0.25) is 0 Å². The molecule has 2 aliphatic rings. The summed E-state index contributed by atoms with van der Waals surface area (Å²) in [7, 11) is 2.23. The molecule has 0 aromatic carbocycles. The van der Waals surface area contributed by atoms with Crippen LogP contribution in [-0.2, 0) is 0 Å². The number of nitrogens with zero attached hydrogens (tertiary/aromatic N) is 2. The van der Waals surface area contributed by atoms with Crippen LogP contribution in [0.4, 0.5) is 0 Å². The van der Waals surface area contributed by atoms with E-state index in [0.29, 0.717) is 5.54 Å². The fourth-order valence-corrected chi connectivity index (χ4v) is 4.01. The lowest BCUT2D eigenvalue weighted by Gasteiger charge is -2.47. The van der Waals surface area contributed by atoms with Crippen LogP contribution >= 0.6 is 0 Å². The van der Waals surface area contributed by atoms with Gasteiger partial charge in [0.15, 0.2) is 0 Å². The van der Waals surface area contributed by atoms with Gasteiger partial charge in [0.05, 0.1) is 0 Å². The zero-order valence-corrected chi connectivity index (χ0v) is 13.2. The maximum atomic E-state index is 6.24. The molecule has 0 amide bonds. The lowest BCUT2D eigenvalue weighted by Crippen LogP contribution is -2.59. The second kappa shape index (κ2) is 6.55. The van der Waals surface area contributed by atoms with Gasteiger partial charge < -0.3 is 10.6 Å². The third kappa shape index (κ3) is 3.50. The van der Waals surface area contributed by atoms with Crippen LogP contribution in [-0.4, -0.2) is 55.1 Å². The first-order chi connectivity index (χ1) is 9.07. The molecular formula is C16H33N3. The first-order valence-electron chi connectivity index (χ1n) is 8.21. The van der Waals surface area contributed by atoms with Gasteiger partial charge >= 0.3 is 0 Å². The summed E-state index contributed by atoms with van der Waals surface area (Å²) < 4.78 is 0. The molecule has 2 rings (SSSR count). The van der Waals surface area contributed by atoms with Gasteiger partial charge in [0.25, 0.3) is 0 Å². The molecular weight excluding hydrogens is 234 g/mol. The van der Waals surface area contributed by atoms with Crippen LogP contribution in [0.1, 0.15) is 46.0 Å². The predicted molar refractivity (Wildman–Crippen MR) is 82.3 cm³/mol. The van der Waals surface area contributed by atoms with E-state index in [1.807, 2.05) is 0 Å². The number of hydrogen-bond donors (Lipinski definition) is 1. The summed E-state index contributed by atoms with van der Waals surface area (Å²) in [6, 6.07) is 0. The van der Waals surface area contributed by atoms with Gasteiger partial charge in [-0.1, -0.05) is 26.7 Å². The first-order valence-corrected chi connectivity index (χ1v) is 8.21. The van der Waals surface area contributed by atoms with Gasteiger partial charge in [-0.05, 0) is 38.1 Å². The van der Waals surface area contributed by atoms with Crippen molar-refractivity contribution in [3.63, 3.8) is 0 Å². The van der Waals surface area contributed by atoms with Crippen molar-refractivity contribution < 1.29 is 0 Å². The van der Waals surface area contributed by atoms with Crippen LogP contribution in [0.5, 0.6) is 0 Å². The molecule has 2 unspecified atom stereocenters. The van der Waals surface area contributed by atoms with Gasteiger partial charge in [-0.2, -0.15) is 0 Å². The van der Waals surface area contributed by atoms with Crippen LogP contribution in [0.2, 0.25) is 0 Å². The number of hydrogen-bond acceptors (Lipinski definition) is 3. The average Bonchev–Trinajstić information content (AvgIpc) is 2.63. The van der Waals surface area contributed by atoms with Gasteiger partial charge in [0, 0.05) is 38.3 Å². The average molecular weight is 267 g/mol. The van der Waals surface area contributed by atoms with E-state index in [0.717, 1.165) is 18.4 Å². The Morgan fingerprint density at radius 2 is 1.79 bits per heavy atom. The van der Waals surface area contributed by atoms with Crippen LogP contribution < -0.4 is 5.73 Å². The highest BCUT2D eigenvalue weighted by molar-refractivity contribution is 4.96. The molecule has 0 aromatic rings. The highest BCUT2D eigenvalue weighted by Crippen LogP contribution is 2.37. The second-order valence-corrected chi connectivity index (χ2v) is 7.15. The molecule has 1 heterocycles. The minimum Gasteiger partial charge on any atom is -0.329 e. The zero-order valence-electron chi connectivity index (χ0n) is 13.2. The smallest absolute Gasteiger partial charge is 0.0332 e. The van der Waals surface area contributed by atoms with Crippen molar-refractivity contribution in [2.45, 2.75) is 51.5 Å². The van der Waals surface area contributed by atoms with Crippen molar-refractivity contribution in [3.05, 3.63) is 0 Å². The van der Waals surface area contributed by atoms with Gasteiger partial charge in [-0.3, -0.25) is 4.90 Å². The first kappa shape index (κ1) is 15.3. The summed E-state index contributed by atoms with van der Waals surface area (Å²) in [6.07, 6.45) is 6.78. The lowest BCUT2D eigenvalue weighted by atomic mass is 9.85. The van der Waals surface area contributed by atoms with Crippen molar-refractivity contribution in [1.82, 2.24) is 9.80 Å². The second-order valence-electron chi connectivity index (χ2n) is 7.15. The van der Waals surface area contributed by atoms with Gasteiger partial charge in [-0.25, -0.2) is 0 Å². The lowest BCUT2D eigenvalue weighted by molar-refractivity contribution is 0.0327.